The van der Waals surface area contributed by atoms with Crippen LogP contribution in [-0.4, -0.2) is 18.3 Å². The summed E-state index contributed by atoms with van der Waals surface area (Å²) >= 11 is 0. The van der Waals surface area contributed by atoms with E-state index in [-0.39, 0.29) is 24.8 Å². The normalized spacial score (nSPS) is 20.5. The molecule has 1 aliphatic heterocycles. The molecule has 0 amide bonds. The third-order valence-corrected chi connectivity index (χ3v) is 2.46. The third-order valence-electron chi connectivity index (χ3n) is 2.46. The lowest BCUT2D eigenvalue weighted by Crippen LogP contribution is -2.35. The van der Waals surface area contributed by atoms with Crippen LogP contribution >= 0.6 is 24.8 Å². The van der Waals surface area contributed by atoms with Gasteiger partial charge in [0.15, 0.2) is 0 Å². The Morgan fingerprint density at radius 1 is 1.36 bits per heavy atom. The Balaban J connectivity index is 0. The fraction of sp³-hybridized carbons (Fsp3) is 0.900. The molecule has 1 saturated heterocycles. The summed E-state index contributed by atoms with van der Waals surface area (Å²) in [6.45, 7) is 3.30. The lowest BCUT2D eigenvalue weighted by atomic mass is 9.98. The average molecular weight is 241 g/mol. The lowest BCUT2D eigenvalue weighted by Gasteiger charge is -2.23. The first-order valence-corrected chi connectivity index (χ1v) is 5.12. The van der Waals surface area contributed by atoms with Crippen molar-refractivity contribution >= 4 is 30.5 Å². The van der Waals surface area contributed by atoms with E-state index < -0.39 is 0 Å². The van der Waals surface area contributed by atoms with E-state index >= 15 is 0 Å². The van der Waals surface area contributed by atoms with Gasteiger partial charge in [0.25, 0.3) is 0 Å². The first kappa shape index (κ1) is 16.6. The summed E-state index contributed by atoms with van der Waals surface area (Å²) in [5.41, 5.74) is 0.928. The lowest BCUT2D eigenvalue weighted by molar-refractivity contribution is 0.408. The number of hydrogen-bond acceptors (Lipinski definition) is 2. The van der Waals surface area contributed by atoms with Gasteiger partial charge in [-0.1, -0.05) is 19.8 Å². The zero-order valence-corrected chi connectivity index (χ0v) is 10.5. The van der Waals surface area contributed by atoms with Crippen molar-refractivity contribution in [3.63, 3.8) is 0 Å². The predicted molar refractivity (Wildman–Crippen MR) is 67.4 cm³/mol. The van der Waals surface area contributed by atoms with Crippen LogP contribution in [0.3, 0.4) is 0 Å². The quantitative estimate of drug-likeness (QED) is 0.728. The van der Waals surface area contributed by atoms with Gasteiger partial charge in [-0.2, -0.15) is 0 Å². The molecule has 0 aromatic rings. The molecule has 0 aliphatic carbocycles. The van der Waals surface area contributed by atoms with E-state index in [2.05, 4.69) is 12.2 Å². The molecular formula is C10H22Cl2N2. The van der Waals surface area contributed by atoms with E-state index in [1.807, 2.05) is 0 Å². The van der Waals surface area contributed by atoms with Gasteiger partial charge in [-0.25, -0.2) is 0 Å². The van der Waals surface area contributed by atoms with Crippen molar-refractivity contribution < 1.29 is 0 Å². The molecule has 1 unspecified atom stereocenters. The molecular weight excluding hydrogens is 219 g/mol. The Bertz CT molecular complexity index is 145. The van der Waals surface area contributed by atoms with Crippen LogP contribution in [-0.2, 0) is 0 Å². The second-order valence-electron chi connectivity index (χ2n) is 3.70. The van der Waals surface area contributed by atoms with Crippen LogP contribution in [0.4, 0.5) is 0 Å². The molecule has 0 aromatic heterocycles. The fourth-order valence-electron chi connectivity index (χ4n) is 1.80. The maximum atomic E-state index is 7.68. The number of halogens is 2. The van der Waals surface area contributed by atoms with Gasteiger partial charge in [-0.15, -0.1) is 24.8 Å². The first-order chi connectivity index (χ1) is 5.83. The second kappa shape index (κ2) is 9.75. The summed E-state index contributed by atoms with van der Waals surface area (Å²) < 4.78 is 0. The highest BCUT2D eigenvalue weighted by atomic mass is 35.5. The molecule has 0 saturated carbocycles. The molecule has 4 heteroatoms. The van der Waals surface area contributed by atoms with E-state index in [1.54, 1.807) is 0 Å². The van der Waals surface area contributed by atoms with Crippen LogP contribution in [0.2, 0.25) is 0 Å². The van der Waals surface area contributed by atoms with Crippen molar-refractivity contribution in [3.8, 4) is 0 Å². The summed E-state index contributed by atoms with van der Waals surface area (Å²) in [6, 6.07) is 0.609. The zero-order valence-electron chi connectivity index (χ0n) is 8.84. The smallest absolute Gasteiger partial charge is 0.0119 e. The Hall–Kier alpha value is 0.210. The monoisotopic (exact) mass is 240 g/mol. The molecule has 0 spiro atoms. The van der Waals surface area contributed by atoms with Gasteiger partial charge < -0.3 is 10.7 Å². The van der Waals surface area contributed by atoms with Crippen molar-refractivity contribution in [2.75, 3.05) is 6.54 Å². The summed E-state index contributed by atoms with van der Waals surface area (Å²) in [4.78, 5) is 0. The van der Waals surface area contributed by atoms with Crippen LogP contribution in [0.25, 0.3) is 0 Å². The van der Waals surface area contributed by atoms with Crippen LogP contribution in [0.15, 0.2) is 0 Å². The molecule has 0 bridgehead atoms. The van der Waals surface area contributed by atoms with Gasteiger partial charge in [0.05, 0.1) is 0 Å². The highest BCUT2D eigenvalue weighted by molar-refractivity contribution is 5.85. The van der Waals surface area contributed by atoms with E-state index in [9.17, 15) is 0 Å². The zero-order chi connectivity index (χ0) is 8.81. The SMILES string of the molecule is CCCC(=N)CC1CCCCN1.Cl.Cl. The first-order valence-electron chi connectivity index (χ1n) is 5.12. The molecule has 1 rings (SSSR count). The number of rotatable bonds is 4. The Labute approximate surface area is 99.6 Å². The minimum atomic E-state index is 0. The number of nitrogens with one attached hydrogen (secondary N) is 2. The van der Waals surface area contributed by atoms with Crippen molar-refractivity contribution in [2.45, 2.75) is 51.5 Å². The third kappa shape index (κ3) is 6.63. The minimum Gasteiger partial charge on any atom is -0.314 e. The largest absolute Gasteiger partial charge is 0.314 e. The van der Waals surface area contributed by atoms with Crippen LogP contribution in [0, 0.1) is 5.41 Å². The fourth-order valence-corrected chi connectivity index (χ4v) is 1.80. The second-order valence-corrected chi connectivity index (χ2v) is 3.70. The molecule has 0 radical (unpaired) electrons. The molecule has 2 nitrogen and oxygen atoms in total. The molecule has 1 atom stereocenters. The molecule has 0 aromatic carbocycles. The molecule has 1 heterocycles. The standard InChI is InChI=1S/C10H20N2.2ClH/c1-2-5-9(11)8-10-6-3-4-7-12-10;;/h10-12H,2-8H2,1H3;2*1H. The maximum absolute atomic E-state index is 7.68. The van der Waals surface area contributed by atoms with Crippen molar-refractivity contribution in [2.24, 2.45) is 0 Å². The molecule has 1 aliphatic rings. The summed E-state index contributed by atoms with van der Waals surface area (Å²) in [7, 11) is 0. The summed E-state index contributed by atoms with van der Waals surface area (Å²) in [5, 5.41) is 11.2. The molecule has 86 valence electrons. The van der Waals surface area contributed by atoms with Gasteiger partial charge in [0, 0.05) is 18.2 Å². The van der Waals surface area contributed by atoms with E-state index in [0.29, 0.717) is 6.04 Å². The maximum Gasteiger partial charge on any atom is 0.0119 e. The molecule has 1 fully saturated rings. The minimum absolute atomic E-state index is 0. The van der Waals surface area contributed by atoms with Gasteiger partial charge in [0.2, 0.25) is 0 Å². The number of piperidine rings is 1. The van der Waals surface area contributed by atoms with E-state index in [1.165, 1.54) is 19.3 Å². The Morgan fingerprint density at radius 2 is 2.07 bits per heavy atom. The van der Waals surface area contributed by atoms with Crippen molar-refractivity contribution in [3.05, 3.63) is 0 Å². The molecule has 14 heavy (non-hydrogen) atoms. The summed E-state index contributed by atoms with van der Waals surface area (Å²) in [5.74, 6) is 0. The summed E-state index contributed by atoms with van der Waals surface area (Å²) in [6.07, 6.45) is 7.01. The van der Waals surface area contributed by atoms with Crippen molar-refractivity contribution in [1.82, 2.24) is 5.32 Å². The van der Waals surface area contributed by atoms with Crippen LogP contribution < -0.4 is 5.32 Å². The van der Waals surface area contributed by atoms with Gasteiger partial charge >= 0.3 is 0 Å². The average Bonchev–Trinajstić information content (AvgIpc) is 2.06. The van der Waals surface area contributed by atoms with Gasteiger partial charge in [0.1, 0.15) is 0 Å². The van der Waals surface area contributed by atoms with E-state index in [4.69, 9.17) is 5.41 Å². The van der Waals surface area contributed by atoms with Gasteiger partial charge in [-0.3, -0.25) is 0 Å². The van der Waals surface area contributed by atoms with Crippen LogP contribution in [0.1, 0.15) is 45.4 Å². The molecule has 2 N–H and O–H groups in total. The highest BCUT2D eigenvalue weighted by Gasteiger charge is 2.13. The topological polar surface area (TPSA) is 35.9 Å². The van der Waals surface area contributed by atoms with E-state index in [0.717, 1.165) is 31.5 Å². The number of hydrogen-bond donors (Lipinski definition) is 2. The van der Waals surface area contributed by atoms with Crippen LogP contribution in [0.5, 0.6) is 0 Å². The van der Waals surface area contributed by atoms with Gasteiger partial charge in [-0.05, 0) is 25.8 Å². The van der Waals surface area contributed by atoms with Crippen molar-refractivity contribution in [1.29, 1.82) is 5.41 Å². The predicted octanol–water partition coefficient (Wildman–Crippen LogP) is 3.18. The Kier molecular flexibility index (Phi) is 11.6. The highest BCUT2D eigenvalue weighted by Crippen LogP contribution is 2.11. The Morgan fingerprint density at radius 3 is 2.57 bits per heavy atom.